The van der Waals surface area contributed by atoms with Gasteiger partial charge in [-0.25, -0.2) is 9.79 Å². The SMILES string of the molecule is C=CCN1C(=O)C(CC(=O)O)S/C1=N\c1sc2c(c1C(=O)OC(C)C)CCCC2. The molecule has 1 aliphatic heterocycles. The Morgan fingerprint density at radius 2 is 2.10 bits per heavy atom. The molecular formula is C20H24N2O5S2. The maximum atomic E-state index is 12.8. The third kappa shape index (κ3) is 4.72. The van der Waals surface area contributed by atoms with Gasteiger partial charge in [0.15, 0.2) is 5.17 Å². The van der Waals surface area contributed by atoms with Crippen LogP contribution in [0, 0.1) is 0 Å². The zero-order valence-electron chi connectivity index (χ0n) is 16.5. The number of thioether (sulfide) groups is 1. The van der Waals surface area contributed by atoms with Gasteiger partial charge in [-0.05, 0) is 45.1 Å². The summed E-state index contributed by atoms with van der Waals surface area (Å²) in [6.07, 6.45) is 4.84. The number of nitrogens with zero attached hydrogens (tertiary/aromatic N) is 2. The van der Waals surface area contributed by atoms with Gasteiger partial charge in [0.1, 0.15) is 10.3 Å². The van der Waals surface area contributed by atoms with E-state index in [0.717, 1.165) is 47.9 Å². The first-order valence-corrected chi connectivity index (χ1v) is 11.3. The summed E-state index contributed by atoms with van der Waals surface area (Å²) in [5.74, 6) is -1.74. The second kappa shape index (κ2) is 9.13. The second-order valence-electron chi connectivity index (χ2n) is 7.18. The van der Waals surface area contributed by atoms with Gasteiger partial charge in [-0.1, -0.05) is 17.8 Å². The van der Waals surface area contributed by atoms with Crippen molar-refractivity contribution in [1.82, 2.24) is 4.90 Å². The van der Waals surface area contributed by atoms with Gasteiger partial charge in [0.2, 0.25) is 5.91 Å². The van der Waals surface area contributed by atoms with E-state index < -0.39 is 17.2 Å². The molecule has 7 nitrogen and oxygen atoms in total. The number of amidine groups is 1. The van der Waals surface area contributed by atoms with Crippen molar-refractivity contribution in [3.05, 3.63) is 28.7 Å². The molecule has 1 aromatic heterocycles. The van der Waals surface area contributed by atoms with Gasteiger partial charge in [0, 0.05) is 11.4 Å². The zero-order valence-corrected chi connectivity index (χ0v) is 18.1. The molecule has 2 aliphatic rings. The molecule has 29 heavy (non-hydrogen) atoms. The highest BCUT2D eigenvalue weighted by Crippen LogP contribution is 2.42. The molecule has 2 heterocycles. The van der Waals surface area contributed by atoms with E-state index in [2.05, 4.69) is 11.6 Å². The lowest BCUT2D eigenvalue weighted by atomic mass is 9.95. The molecule has 1 N–H and O–H groups in total. The topological polar surface area (TPSA) is 96.3 Å². The van der Waals surface area contributed by atoms with E-state index >= 15 is 0 Å². The number of carboxylic acid groups (broad SMARTS) is 1. The van der Waals surface area contributed by atoms with E-state index in [0.29, 0.717) is 15.7 Å². The summed E-state index contributed by atoms with van der Waals surface area (Å²) in [5.41, 5.74) is 1.48. The first kappa shape index (κ1) is 21.6. The largest absolute Gasteiger partial charge is 0.481 e. The van der Waals surface area contributed by atoms with Gasteiger partial charge in [-0.15, -0.1) is 17.9 Å². The van der Waals surface area contributed by atoms with Crippen LogP contribution >= 0.6 is 23.1 Å². The number of carboxylic acids is 1. The maximum absolute atomic E-state index is 12.8. The lowest BCUT2D eigenvalue weighted by Gasteiger charge is -2.14. The lowest BCUT2D eigenvalue weighted by molar-refractivity contribution is -0.139. The first-order valence-electron chi connectivity index (χ1n) is 9.56. The Labute approximate surface area is 177 Å². The molecule has 0 bridgehead atoms. The van der Waals surface area contributed by atoms with Crippen LogP contribution in [-0.2, 0) is 27.2 Å². The van der Waals surface area contributed by atoms with E-state index in [1.54, 1.807) is 19.9 Å². The summed E-state index contributed by atoms with van der Waals surface area (Å²) in [7, 11) is 0. The summed E-state index contributed by atoms with van der Waals surface area (Å²) in [4.78, 5) is 43.7. The number of fused-ring (bicyclic) bond motifs is 1. The van der Waals surface area contributed by atoms with Gasteiger partial charge < -0.3 is 9.84 Å². The van der Waals surface area contributed by atoms with Gasteiger partial charge in [0.05, 0.1) is 18.1 Å². The van der Waals surface area contributed by atoms with Crippen LogP contribution in [0.25, 0.3) is 0 Å². The number of carbonyl (C=O) groups is 3. The number of aliphatic carboxylic acids is 1. The fourth-order valence-corrected chi connectivity index (χ4v) is 5.83. The minimum absolute atomic E-state index is 0.234. The Hall–Kier alpha value is -2.13. The average Bonchev–Trinajstić information content (AvgIpc) is 3.13. The highest BCUT2D eigenvalue weighted by atomic mass is 32.2. The van der Waals surface area contributed by atoms with Crippen molar-refractivity contribution in [2.24, 2.45) is 4.99 Å². The monoisotopic (exact) mass is 436 g/mol. The Morgan fingerprint density at radius 1 is 1.38 bits per heavy atom. The molecule has 1 aromatic rings. The number of hydrogen-bond donors (Lipinski definition) is 1. The molecule has 0 spiro atoms. The molecule has 9 heteroatoms. The third-order valence-corrected chi connectivity index (χ3v) is 6.95. The van der Waals surface area contributed by atoms with Crippen molar-refractivity contribution < 1.29 is 24.2 Å². The third-order valence-electron chi connectivity index (χ3n) is 4.59. The second-order valence-corrected chi connectivity index (χ2v) is 9.43. The number of carbonyl (C=O) groups excluding carboxylic acids is 2. The number of rotatable bonds is 7. The predicted octanol–water partition coefficient (Wildman–Crippen LogP) is 3.78. The van der Waals surface area contributed by atoms with Gasteiger partial charge >= 0.3 is 11.9 Å². The minimum Gasteiger partial charge on any atom is -0.481 e. The number of aliphatic imine (C=N–C) groups is 1. The van der Waals surface area contributed by atoms with Crippen molar-refractivity contribution in [3.63, 3.8) is 0 Å². The highest BCUT2D eigenvalue weighted by Gasteiger charge is 2.39. The van der Waals surface area contributed by atoms with E-state index in [9.17, 15) is 14.4 Å². The van der Waals surface area contributed by atoms with Crippen molar-refractivity contribution in [3.8, 4) is 0 Å². The van der Waals surface area contributed by atoms with Crippen molar-refractivity contribution >= 4 is 51.1 Å². The molecule has 1 saturated heterocycles. The Kier molecular flexibility index (Phi) is 6.79. The summed E-state index contributed by atoms with van der Waals surface area (Å²) in [5, 5.41) is 9.29. The highest BCUT2D eigenvalue weighted by molar-refractivity contribution is 8.15. The summed E-state index contributed by atoms with van der Waals surface area (Å²) >= 11 is 2.58. The standard InChI is InChI=1S/C20H24N2O5S2/c1-4-9-22-18(25)14(10-15(23)24)29-20(22)21-17-16(19(26)27-11(2)3)12-7-5-6-8-13(12)28-17/h4,11,14H,1,5-10H2,2-3H3,(H,23,24)/b21-20-. The zero-order chi connectivity index (χ0) is 21.1. The lowest BCUT2D eigenvalue weighted by Crippen LogP contribution is -2.32. The van der Waals surface area contributed by atoms with Crippen LogP contribution in [0.3, 0.4) is 0 Å². The number of thiophene rings is 1. The van der Waals surface area contributed by atoms with Crippen LogP contribution < -0.4 is 0 Å². The Balaban J connectivity index is 2.02. The molecule has 1 fully saturated rings. The molecule has 1 atom stereocenters. The van der Waals surface area contributed by atoms with Crippen LogP contribution in [0.4, 0.5) is 5.00 Å². The van der Waals surface area contributed by atoms with Gasteiger partial charge in [-0.2, -0.15) is 0 Å². The summed E-state index contributed by atoms with van der Waals surface area (Å²) in [6, 6.07) is 0. The fourth-order valence-electron chi connectivity index (χ4n) is 3.38. The quantitative estimate of drug-likeness (QED) is 0.516. The van der Waals surface area contributed by atoms with Crippen molar-refractivity contribution in [2.45, 2.75) is 57.3 Å². The van der Waals surface area contributed by atoms with Crippen LogP contribution in [0.1, 0.15) is 53.9 Å². The van der Waals surface area contributed by atoms with Crippen LogP contribution in [-0.4, -0.2) is 50.9 Å². The number of aryl methyl sites for hydroxylation is 1. The molecule has 156 valence electrons. The van der Waals surface area contributed by atoms with E-state index in [1.807, 2.05) is 0 Å². The van der Waals surface area contributed by atoms with Crippen molar-refractivity contribution in [2.75, 3.05) is 6.54 Å². The van der Waals surface area contributed by atoms with E-state index in [1.165, 1.54) is 16.2 Å². The van der Waals surface area contributed by atoms with Crippen LogP contribution in [0.15, 0.2) is 17.6 Å². The van der Waals surface area contributed by atoms with E-state index in [4.69, 9.17) is 9.84 Å². The molecule has 1 aliphatic carbocycles. The number of amides is 1. The van der Waals surface area contributed by atoms with Crippen LogP contribution in [0.2, 0.25) is 0 Å². The fraction of sp³-hybridized carbons (Fsp3) is 0.500. The predicted molar refractivity (Wildman–Crippen MR) is 114 cm³/mol. The molecule has 0 saturated carbocycles. The smallest absolute Gasteiger partial charge is 0.341 e. The number of ether oxygens (including phenoxy) is 1. The molecule has 0 radical (unpaired) electrons. The molecular weight excluding hydrogens is 412 g/mol. The summed E-state index contributed by atoms with van der Waals surface area (Å²) in [6.45, 7) is 7.51. The summed E-state index contributed by atoms with van der Waals surface area (Å²) < 4.78 is 5.45. The van der Waals surface area contributed by atoms with Crippen LogP contribution in [0.5, 0.6) is 0 Å². The molecule has 1 amide bonds. The Morgan fingerprint density at radius 3 is 2.76 bits per heavy atom. The minimum atomic E-state index is -1.04. The molecule has 1 unspecified atom stereocenters. The van der Waals surface area contributed by atoms with E-state index in [-0.39, 0.29) is 25.0 Å². The van der Waals surface area contributed by atoms with Gasteiger partial charge in [0.25, 0.3) is 0 Å². The maximum Gasteiger partial charge on any atom is 0.341 e. The average molecular weight is 437 g/mol. The van der Waals surface area contributed by atoms with Crippen molar-refractivity contribution in [1.29, 1.82) is 0 Å². The number of hydrogen-bond acceptors (Lipinski definition) is 7. The molecule has 0 aromatic carbocycles. The molecule has 3 rings (SSSR count). The van der Waals surface area contributed by atoms with Gasteiger partial charge in [-0.3, -0.25) is 14.5 Å². The number of esters is 1. The Bertz CT molecular complexity index is 874. The first-order chi connectivity index (χ1) is 13.8. The normalized spacial score (nSPS) is 20.2.